The maximum absolute atomic E-state index is 13.4. The molecule has 0 heterocycles. The molecule has 0 amide bonds. The molecule has 0 aliphatic rings. The second kappa shape index (κ2) is 5.58. The molecule has 0 aliphatic heterocycles. The normalized spacial score (nSPS) is 10.2. The van der Waals surface area contributed by atoms with E-state index in [1.54, 1.807) is 6.92 Å². The second-order valence-corrected chi connectivity index (χ2v) is 3.47. The van der Waals surface area contributed by atoms with Crippen molar-refractivity contribution in [1.82, 2.24) is 0 Å². The highest BCUT2D eigenvalue weighted by atomic mass is 19.2. The molecule has 0 fully saturated rings. The van der Waals surface area contributed by atoms with Crippen molar-refractivity contribution in [2.24, 2.45) is 0 Å². The lowest BCUT2D eigenvalue weighted by Gasteiger charge is -2.05. The van der Waals surface area contributed by atoms with Crippen molar-refractivity contribution in [2.45, 2.75) is 26.7 Å². The topological polar surface area (TPSA) is 26.3 Å². The zero-order valence-electron chi connectivity index (χ0n) is 9.35. The van der Waals surface area contributed by atoms with Crippen molar-refractivity contribution in [3.05, 3.63) is 34.9 Å². The molecule has 0 spiro atoms. The molecule has 16 heavy (non-hydrogen) atoms. The van der Waals surface area contributed by atoms with Gasteiger partial charge in [-0.25, -0.2) is 8.78 Å². The summed E-state index contributed by atoms with van der Waals surface area (Å²) in [5.41, 5.74) is 0.466. The van der Waals surface area contributed by atoms with E-state index in [2.05, 4.69) is 0 Å². The second-order valence-electron chi connectivity index (χ2n) is 3.47. The van der Waals surface area contributed by atoms with Gasteiger partial charge in [0.2, 0.25) is 0 Å². The summed E-state index contributed by atoms with van der Waals surface area (Å²) in [6.07, 6.45) is 0.217. The molecule has 0 N–H and O–H groups in total. The number of ether oxygens (including phenoxy) is 1. The Morgan fingerprint density at radius 3 is 2.62 bits per heavy atom. The Bertz CT molecular complexity index is 389. The lowest BCUT2D eigenvalue weighted by atomic mass is 10.1. The minimum absolute atomic E-state index is 0.0628. The van der Waals surface area contributed by atoms with E-state index in [1.165, 1.54) is 19.1 Å². The number of aryl methyl sites for hydroxylation is 2. The predicted molar refractivity (Wildman–Crippen MR) is 56.0 cm³/mol. The first-order valence-corrected chi connectivity index (χ1v) is 5.15. The number of carbonyl (C=O) groups is 1. The fourth-order valence-corrected chi connectivity index (χ4v) is 1.35. The Hall–Kier alpha value is -1.45. The van der Waals surface area contributed by atoms with E-state index in [4.69, 9.17) is 4.74 Å². The summed E-state index contributed by atoms with van der Waals surface area (Å²) in [6, 6.07) is 2.99. The number of benzene rings is 1. The van der Waals surface area contributed by atoms with Gasteiger partial charge in [0.15, 0.2) is 11.6 Å². The number of hydrogen-bond donors (Lipinski definition) is 0. The van der Waals surface area contributed by atoms with Crippen molar-refractivity contribution in [3.8, 4) is 0 Å². The molecule has 0 bridgehead atoms. The van der Waals surface area contributed by atoms with E-state index in [0.717, 1.165) is 0 Å². The monoisotopic (exact) mass is 228 g/mol. The van der Waals surface area contributed by atoms with Crippen molar-refractivity contribution in [3.63, 3.8) is 0 Å². The number of hydrogen-bond acceptors (Lipinski definition) is 2. The van der Waals surface area contributed by atoms with Crippen LogP contribution in [0.25, 0.3) is 0 Å². The summed E-state index contributed by atoms with van der Waals surface area (Å²) in [4.78, 5) is 11.0. The van der Waals surface area contributed by atoms with Crippen molar-refractivity contribution in [2.75, 3.05) is 6.61 Å². The van der Waals surface area contributed by atoms with Crippen molar-refractivity contribution in [1.29, 1.82) is 0 Å². The van der Waals surface area contributed by atoms with Crippen molar-refractivity contribution < 1.29 is 18.3 Å². The Balaban J connectivity index is 2.68. The Labute approximate surface area is 93.2 Å². The summed E-state index contributed by atoms with van der Waals surface area (Å²) >= 11 is 0. The van der Waals surface area contributed by atoms with Crippen LogP contribution in [0.5, 0.6) is 0 Å². The lowest BCUT2D eigenvalue weighted by molar-refractivity contribution is -0.143. The maximum atomic E-state index is 13.4. The first-order chi connectivity index (χ1) is 7.56. The van der Waals surface area contributed by atoms with Crippen LogP contribution in [0.2, 0.25) is 0 Å². The Kier molecular flexibility index (Phi) is 4.40. The number of rotatable bonds is 4. The molecule has 0 radical (unpaired) electrons. The van der Waals surface area contributed by atoms with Gasteiger partial charge < -0.3 is 4.74 Å². The minimum atomic E-state index is -0.871. The first-order valence-electron chi connectivity index (χ1n) is 5.15. The van der Waals surface area contributed by atoms with Gasteiger partial charge in [-0.3, -0.25) is 4.79 Å². The first kappa shape index (κ1) is 12.6. The van der Waals surface area contributed by atoms with Crippen LogP contribution >= 0.6 is 0 Å². The molecule has 1 rings (SSSR count). The summed E-state index contributed by atoms with van der Waals surface area (Å²) in [5.74, 6) is -2.12. The highest BCUT2D eigenvalue weighted by molar-refractivity contribution is 5.69. The zero-order valence-corrected chi connectivity index (χ0v) is 9.35. The highest BCUT2D eigenvalue weighted by Crippen LogP contribution is 2.17. The molecule has 0 aromatic heterocycles. The van der Waals surface area contributed by atoms with Crippen LogP contribution in [0.3, 0.4) is 0 Å². The van der Waals surface area contributed by atoms with Crippen LogP contribution in [0.15, 0.2) is 12.1 Å². The molecule has 4 heteroatoms. The van der Waals surface area contributed by atoms with Crippen LogP contribution in [0, 0.1) is 18.6 Å². The molecule has 2 nitrogen and oxygen atoms in total. The molecular weight excluding hydrogens is 214 g/mol. The molecule has 0 unspecified atom stereocenters. The quantitative estimate of drug-likeness (QED) is 0.741. The van der Waals surface area contributed by atoms with Gasteiger partial charge in [0.1, 0.15) is 0 Å². The summed E-state index contributed by atoms with van der Waals surface area (Å²) < 4.78 is 31.2. The fraction of sp³-hybridized carbons (Fsp3) is 0.417. The number of carbonyl (C=O) groups excluding carboxylic acids is 1. The maximum Gasteiger partial charge on any atom is 0.306 e. The minimum Gasteiger partial charge on any atom is -0.466 e. The third-order valence-electron chi connectivity index (χ3n) is 2.26. The van der Waals surface area contributed by atoms with Gasteiger partial charge in [0, 0.05) is 6.42 Å². The predicted octanol–water partition coefficient (Wildman–Crippen LogP) is 2.77. The molecule has 0 aliphatic carbocycles. The van der Waals surface area contributed by atoms with Gasteiger partial charge in [-0.2, -0.15) is 0 Å². The van der Waals surface area contributed by atoms with Gasteiger partial charge in [0.25, 0.3) is 0 Å². The van der Waals surface area contributed by atoms with E-state index in [9.17, 15) is 13.6 Å². The Morgan fingerprint density at radius 1 is 1.31 bits per heavy atom. The fourth-order valence-electron chi connectivity index (χ4n) is 1.35. The average molecular weight is 228 g/mol. The molecule has 0 atom stereocenters. The smallest absolute Gasteiger partial charge is 0.306 e. The van der Waals surface area contributed by atoms with Gasteiger partial charge in [-0.05, 0) is 31.4 Å². The standard InChI is InChI=1S/C12H14F2O2/c1-3-16-10(15)7-6-9-5-4-8(2)11(13)12(9)14/h4-5H,3,6-7H2,1-2H3. The van der Waals surface area contributed by atoms with Gasteiger partial charge in [-0.15, -0.1) is 0 Å². The number of halogens is 2. The van der Waals surface area contributed by atoms with Crippen LogP contribution in [0.1, 0.15) is 24.5 Å². The molecule has 0 saturated carbocycles. The Morgan fingerprint density at radius 2 is 2.00 bits per heavy atom. The summed E-state index contributed by atoms with van der Waals surface area (Å²) in [6.45, 7) is 3.49. The summed E-state index contributed by atoms with van der Waals surface area (Å²) in [7, 11) is 0. The highest BCUT2D eigenvalue weighted by Gasteiger charge is 2.12. The molecule has 1 aromatic rings. The van der Waals surface area contributed by atoms with Crippen molar-refractivity contribution >= 4 is 5.97 Å². The van der Waals surface area contributed by atoms with Crippen LogP contribution in [0.4, 0.5) is 8.78 Å². The molecule has 1 aromatic carbocycles. The van der Waals surface area contributed by atoms with Gasteiger partial charge >= 0.3 is 5.97 Å². The van der Waals surface area contributed by atoms with E-state index in [0.29, 0.717) is 6.61 Å². The van der Waals surface area contributed by atoms with Crippen LogP contribution < -0.4 is 0 Å². The third kappa shape index (κ3) is 3.02. The SMILES string of the molecule is CCOC(=O)CCc1ccc(C)c(F)c1F. The largest absolute Gasteiger partial charge is 0.466 e. The van der Waals surface area contributed by atoms with Crippen LogP contribution in [-0.2, 0) is 16.0 Å². The zero-order chi connectivity index (χ0) is 12.1. The van der Waals surface area contributed by atoms with Crippen LogP contribution in [-0.4, -0.2) is 12.6 Å². The third-order valence-corrected chi connectivity index (χ3v) is 2.26. The average Bonchev–Trinajstić information content (AvgIpc) is 2.25. The summed E-state index contributed by atoms with van der Waals surface area (Å²) in [5, 5.41) is 0. The van der Waals surface area contributed by atoms with E-state index in [1.807, 2.05) is 0 Å². The molecular formula is C12H14F2O2. The van der Waals surface area contributed by atoms with E-state index >= 15 is 0 Å². The van der Waals surface area contributed by atoms with E-state index in [-0.39, 0.29) is 24.0 Å². The molecule has 88 valence electrons. The van der Waals surface area contributed by atoms with E-state index < -0.39 is 17.6 Å². The number of esters is 1. The van der Waals surface area contributed by atoms with Gasteiger partial charge in [0.05, 0.1) is 6.61 Å². The molecule has 0 saturated heterocycles. The lowest BCUT2D eigenvalue weighted by Crippen LogP contribution is -2.06. The van der Waals surface area contributed by atoms with Gasteiger partial charge in [-0.1, -0.05) is 12.1 Å².